The number of nitrogens with zero attached hydrogens (tertiary/aromatic N) is 3. The van der Waals surface area contributed by atoms with E-state index in [1.54, 1.807) is 6.07 Å². The van der Waals surface area contributed by atoms with Crippen LogP contribution in [0.5, 0.6) is 0 Å². The van der Waals surface area contributed by atoms with Gasteiger partial charge in [-0.2, -0.15) is 0 Å². The fourth-order valence-electron chi connectivity index (χ4n) is 2.73. The number of hydrogen-bond acceptors (Lipinski definition) is 3. The Morgan fingerprint density at radius 1 is 1.29 bits per heavy atom. The van der Waals surface area contributed by atoms with Gasteiger partial charge in [0.25, 0.3) is 0 Å². The third-order valence-corrected chi connectivity index (χ3v) is 4.04. The van der Waals surface area contributed by atoms with Gasteiger partial charge < -0.3 is 20.9 Å². The second-order valence-corrected chi connectivity index (χ2v) is 6.21. The lowest BCUT2D eigenvalue weighted by Crippen LogP contribution is -2.46. The fraction of sp³-hybridized carbons (Fsp3) is 0.588. The molecule has 0 bridgehead atoms. The third kappa shape index (κ3) is 6.08. The Balaban J connectivity index is 0.00000288. The van der Waals surface area contributed by atoms with Crippen LogP contribution in [0, 0.1) is 5.82 Å². The number of hydrogen-bond donors (Lipinski definition) is 2. The summed E-state index contributed by atoms with van der Waals surface area (Å²) in [6.45, 7) is 11.3. The number of guanidine groups is 1. The first-order valence-corrected chi connectivity index (χ1v) is 8.31. The van der Waals surface area contributed by atoms with Gasteiger partial charge in [-0.3, -0.25) is 0 Å². The highest BCUT2D eigenvalue weighted by atomic mass is 127. The van der Waals surface area contributed by atoms with E-state index in [9.17, 15) is 4.39 Å². The van der Waals surface area contributed by atoms with E-state index in [0.717, 1.165) is 38.3 Å². The second-order valence-electron chi connectivity index (χ2n) is 6.21. The maximum Gasteiger partial charge on any atom is 0.189 e. The molecule has 136 valence electrons. The number of anilines is 1. The van der Waals surface area contributed by atoms with Gasteiger partial charge in [-0.1, -0.05) is 13.0 Å². The van der Waals surface area contributed by atoms with Crippen LogP contribution in [-0.4, -0.2) is 49.6 Å². The van der Waals surface area contributed by atoms with Crippen molar-refractivity contribution in [2.45, 2.75) is 33.4 Å². The number of nitrogens with one attached hydrogen (secondary N) is 1. The van der Waals surface area contributed by atoms with Crippen molar-refractivity contribution < 1.29 is 4.39 Å². The van der Waals surface area contributed by atoms with Crippen LogP contribution < -0.4 is 16.0 Å². The molecule has 1 fully saturated rings. The first-order valence-electron chi connectivity index (χ1n) is 8.31. The summed E-state index contributed by atoms with van der Waals surface area (Å²) in [6.07, 6.45) is 0. The molecule has 0 amide bonds. The average molecular weight is 449 g/mol. The van der Waals surface area contributed by atoms with E-state index in [-0.39, 0.29) is 35.8 Å². The quantitative estimate of drug-likeness (QED) is 0.412. The molecule has 0 unspecified atom stereocenters. The molecule has 0 saturated carbocycles. The van der Waals surface area contributed by atoms with Gasteiger partial charge >= 0.3 is 0 Å². The topological polar surface area (TPSA) is 56.9 Å². The normalized spacial score (nSPS) is 16.2. The van der Waals surface area contributed by atoms with Crippen molar-refractivity contribution in [3.8, 4) is 0 Å². The van der Waals surface area contributed by atoms with E-state index in [4.69, 9.17) is 5.73 Å². The molecule has 1 saturated heterocycles. The Bertz CT molecular complexity index is 542. The smallest absolute Gasteiger partial charge is 0.189 e. The minimum atomic E-state index is -0.182. The van der Waals surface area contributed by atoms with E-state index in [1.807, 2.05) is 26.0 Å². The zero-order valence-corrected chi connectivity index (χ0v) is 17.1. The average Bonchev–Trinajstić information content (AvgIpc) is 2.52. The predicted molar refractivity (Wildman–Crippen MR) is 110 cm³/mol. The van der Waals surface area contributed by atoms with Gasteiger partial charge in [-0.25, -0.2) is 9.38 Å². The number of rotatable bonds is 5. The van der Waals surface area contributed by atoms with Crippen LogP contribution in [0.2, 0.25) is 0 Å². The highest BCUT2D eigenvalue weighted by Crippen LogP contribution is 2.22. The summed E-state index contributed by atoms with van der Waals surface area (Å²) in [6, 6.07) is 5.58. The number of nitrogens with two attached hydrogens (primary N) is 1. The van der Waals surface area contributed by atoms with Crippen LogP contribution in [0.4, 0.5) is 10.1 Å². The van der Waals surface area contributed by atoms with Crippen LogP contribution in [0.15, 0.2) is 23.2 Å². The van der Waals surface area contributed by atoms with E-state index in [2.05, 4.69) is 27.0 Å². The monoisotopic (exact) mass is 449 g/mol. The van der Waals surface area contributed by atoms with Crippen LogP contribution in [0.25, 0.3) is 0 Å². The fourth-order valence-corrected chi connectivity index (χ4v) is 2.73. The van der Waals surface area contributed by atoms with Crippen molar-refractivity contribution in [3.63, 3.8) is 0 Å². The summed E-state index contributed by atoms with van der Waals surface area (Å²) < 4.78 is 14.4. The largest absolute Gasteiger partial charge is 0.370 e. The number of benzene rings is 1. The van der Waals surface area contributed by atoms with Gasteiger partial charge in [-0.15, -0.1) is 24.0 Å². The number of likely N-dealkylation sites (N-methyl/N-ethyl adjacent to an activating group) is 1. The van der Waals surface area contributed by atoms with Crippen molar-refractivity contribution in [3.05, 3.63) is 29.6 Å². The predicted octanol–water partition coefficient (Wildman–Crippen LogP) is 2.40. The standard InChI is InChI=1S/C17H28FN5.HI/c1-4-22-7-9-23(10-8-22)16-6-5-14(11-15(16)18)12-20-17(19)21-13(2)3;/h5-6,11,13H,4,7-10,12H2,1-3H3,(H3,19,20,21);1H. The number of aliphatic imine (C=N–C) groups is 1. The third-order valence-electron chi connectivity index (χ3n) is 4.04. The van der Waals surface area contributed by atoms with Crippen LogP contribution >= 0.6 is 24.0 Å². The van der Waals surface area contributed by atoms with Gasteiger partial charge in [0.1, 0.15) is 5.82 Å². The van der Waals surface area contributed by atoms with Crippen molar-refractivity contribution in [1.82, 2.24) is 10.2 Å². The molecular weight excluding hydrogens is 420 g/mol. The lowest BCUT2D eigenvalue weighted by molar-refractivity contribution is 0.270. The summed E-state index contributed by atoms with van der Waals surface area (Å²) in [4.78, 5) is 8.73. The first kappa shape index (κ1) is 21.0. The lowest BCUT2D eigenvalue weighted by atomic mass is 10.1. The molecule has 1 aliphatic rings. The zero-order chi connectivity index (χ0) is 16.8. The first-order chi connectivity index (χ1) is 11.0. The summed E-state index contributed by atoms with van der Waals surface area (Å²) in [7, 11) is 0. The molecule has 0 aliphatic carbocycles. The number of halogens is 2. The maximum atomic E-state index is 14.4. The van der Waals surface area contributed by atoms with E-state index < -0.39 is 0 Å². The molecule has 0 spiro atoms. The summed E-state index contributed by atoms with van der Waals surface area (Å²) >= 11 is 0. The van der Waals surface area contributed by atoms with Crippen molar-refractivity contribution in [1.29, 1.82) is 0 Å². The lowest BCUT2D eigenvalue weighted by Gasteiger charge is -2.35. The molecule has 24 heavy (non-hydrogen) atoms. The minimum Gasteiger partial charge on any atom is -0.370 e. The molecule has 0 radical (unpaired) electrons. The molecule has 1 aromatic rings. The van der Waals surface area contributed by atoms with Crippen LogP contribution in [0.1, 0.15) is 26.3 Å². The molecule has 0 aromatic heterocycles. The Morgan fingerprint density at radius 3 is 2.50 bits per heavy atom. The molecule has 2 rings (SSSR count). The summed E-state index contributed by atoms with van der Waals surface area (Å²) in [5.74, 6) is 0.207. The Morgan fingerprint density at radius 2 is 1.96 bits per heavy atom. The van der Waals surface area contributed by atoms with Gasteiger partial charge in [0.15, 0.2) is 5.96 Å². The van der Waals surface area contributed by atoms with Crippen LogP contribution in [-0.2, 0) is 6.54 Å². The van der Waals surface area contributed by atoms with Gasteiger partial charge in [0.2, 0.25) is 0 Å². The van der Waals surface area contributed by atoms with Crippen LogP contribution in [0.3, 0.4) is 0 Å². The summed E-state index contributed by atoms with van der Waals surface area (Å²) in [5, 5.41) is 3.02. The van der Waals surface area contributed by atoms with Crippen molar-refractivity contribution in [2.24, 2.45) is 10.7 Å². The highest BCUT2D eigenvalue weighted by Gasteiger charge is 2.18. The van der Waals surface area contributed by atoms with E-state index in [1.165, 1.54) is 0 Å². The van der Waals surface area contributed by atoms with E-state index >= 15 is 0 Å². The zero-order valence-electron chi connectivity index (χ0n) is 14.8. The van der Waals surface area contributed by atoms with E-state index in [0.29, 0.717) is 18.2 Å². The number of piperazine rings is 1. The summed E-state index contributed by atoms with van der Waals surface area (Å²) in [5.41, 5.74) is 7.27. The molecule has 3 N–H and O–H groups in total. The maximum absolute atomic E-state index is 14.4. The molecule has 1 heterocycles. The Hall–Kier alpha value is -1.09. The van der Waals surface area contributed by atoms with Gasteiger partial charge in [0.05, 0.1) is 12.2 Å². The molecule has 1 aliphatic heterocycles. The highest BCUT2D eigenvalue weighted by molar-refractivity contribution is 14.0. The van der Waals surface area contributed by atoms with Crippen molar-refractivity contribution >= 4 is 35.6 Å². The Kier molecular flexibility index (Phi) is 8.75. The van der Waals surface area contributed by atoms with Crippen molar-refractivity contribution in [2.75, 3.05) is 37.6 Å². The molecule has 5 nitrogen and oxygen atoms in total. The molecule has 1 aromatic carbocycles. The van der Waals surface area contributed by atoms with Gasteiger partial charge in [0, 0.05) is 32.2 Å². The Labute approximate surface area is 161 Å². The molecule has 0 atom stereocenters. The second kappa shape index (κ2) is 10.0. The SMILES string of the molecule is CCN1CCN(c2ccc(CN=C(N)NC(C)C)cc2F)CC1.I. The molecule has 7 heteroatoms. The molecular formula is C17H29FIN5. The minimum absolute atomic E-state index is 0. The van der Waals surface area contributed by atoms with Gasteiger partial charge in [-0.05, 0) is 38.1 Å².